The second-order valence-corrected chi connectivity index (χ2v) is 6.14. The van der Waals surface area contributed by atoms with Crippen molar-refractivity contribution in [3.05, 3.63) is 41.7 Å². The van der Waals surface area contributed by atoms with Crippen molar-refractivity contribution < 1.29 is 4.39 Å². The Hall–Kier alpha value is -2.24. The molecule has 2 aromatic heterocycles. The predicted octanol–water partition coefficient (Wildman–Crippen LogP) is 2.10. The van der Waals surface area contributed by atoms with Crippen molar-refractivity contribution in [2.24, 2.45) is 0 Å². The summed E-state index contributed by atoms with van der Waals surface area (Å²) in [6.07, 6.45) is 2.68. The number of piperidine rings is 1. The highest BCUT2D eigenvalue weighted by Crippen LogP contribution is 2.37. The second-order valence-electron chi connectivity index (χ2n) is 6.14. The van der Waals surface area contributed by atoms with E-state index in [9.17, 15) is 4.39 Å². The van der Waals surface area contributed by atoms with Gasteiger partial charge in [0.05, 0.1) is 12.1 Å². The van der Waals surface area contributed by atoms with E-state index < -0.39 is 5.95 Å². The van der Waals surface area contributed by atoms with Crippen molar-refractivity contribution in [2.45, 2.75) is 32.4 Å². The summed E-state index contributed by atoms with van der Waals surface area (Å²) in [5, 5.41) is 0. The van der Waals surface area contributed by atoms with Crippen LogP contribution >= 0.6 is 0 Å². The molecule has 5 rings (SSSR count). The van der Waals surface area contributed by atoms with Crippen LogP contribution in [0, 0.1) is 19.8 Å². The number of piperazine rings is 1. The van der Waals surface area contributed by atoms with Crippen molar-refractivity contribution in [3.63, 3.8) is 0 Å². The topological polar surface area (TPSA) is 45.2 Å². The number of fused-ring (bicyclic) bond motifs is 2. The summed E-state index contributed by atoms with van der Waals surface area (Å²) < 4.78 is 13.3. The van der Waals surface area contributed by atoms with Crippen LogP contribution in [0.25, 0.3) is 0 Å². The fourth-order valence-corrected chi connectivity index (χ4v) is 3.56. The zero-order valence-electron chi connectivity index (χ0n) is 12.7. The van der Waals surface area contributed by atoms with Crippen molar-refractivity contribution >= 4 is 11.6 Å². The molecule has 0 N–H and O–H groups in total. The van der Waals surface area contributed by atoms with E-state index in [1.54, 1.807) is 0 Å². The maximum Gasteiger partial charge on any atom is 0.226 e. The minimum Gasteiger partial charge on any atom is -0.367 e. The summed E-state index contributed by atoms with van der Waals surface area (Å²) in [6, 6.07) is 6.16. The molecule has 5 heterocycles. The molecule has 0 aromatic carbocycles. The Balaban J connectivity index is 1.55. The van der Waals surface area contributed by atoms with Gasteiger partial charge in [-0.15, -0.1) is 0 Å². The molecule has 6 heteroatoms. The summed E-state index contributed by atoms with van der Waals surface area (Å²) in [5.74, 6) is 0.408. The van der Waals surface area contributed by atoms with Gasteiger partial charge in [0.25, 0.3) is 0 Å². The zero-order chi connectivity index (χ0) is 15.3. The average Bonchev–Trinajstić information content (AvgIpc) is 2.46. The quantitative estimate of drug-likeness (QED) is 0.795. The van der Waals surface area contributed by atoms with E-state index >= 15 is 0 Å². The SMILES string of the molecule is Cc1cc(C)nc(N2C3CC2CN(c2ccnc(F)c2)C3)n1. The van der Waals surface area contributed by atoms with Crippen LogP contribution in [0.15, 0.2) is 24.4 Å². The van der Waals surface area contributed by atoms with Crippen LogP contribution in [0.1, 0.15) is 17.8 Å². The first-order chi connectivity index (χ1) is 10.6. The number of pyridine rings is 1. The number of anilines is 2. The first-order valence-electron chi connectivity index (χ1n) is 7.57. The number of hydrogen-bond donors (Lipinski definition) is 0. The van der Waals surface area contributed by atoms with Crippen molar-refractivity contribution in [1.29, 1.82) is 0 Å². The summed E-state index contributed by atoms with van der Waals surface area (Å²) in [6.45, 7) is 5.74. The highest BCUT2D eigenvalue weighted by molar-refractivity contribution is 5.52. The highest BCUT2D eigenvalue weighted by Gasteiger charge is 2.46. The molecular weight excluding hydrogens is 281 g/mol. The van der Waals surface area contributed by atoms with Crippen molar-refractivity contribution in [3.8, 4) is 0 Å². The van der Waals surface area contributed by atoms with Crippen LogP contribution < -0.4 is 9.80 Å². The van der Waals surface area contributed by atoms with Gasteiger partial charge in [0.2, 0.25) is 11.9 Å². The molecule has 2 unspecified atom stereocenters. The monoisotopic (exact) mass is 299 g/mol. The molecule has 2 aromatic rings. The van der Waals surface area contributed by atoms with Gasteiger partial charge in [0.1, 0.15) is 0 Å². The van der Waals surface area contributed by atoms with Gasteiger partial charge in [-0.2, -0.15) is 4.39 Å². The fraction of sp³-hybridized carbons (Fsp3) is 0.438. The van der Waals surface area contributed by atoms with Crippen LogP contribution in [0.3, 0.4) is 0 Å². The molecule has 2 atom stereocenters. The molecule has 0 amide bonds. The maximum atomic E-state index is 13.3. The van der Waals surface area contributed by atoms with Gasteiger partial charge in [-0.05, 0) is 32.4 Å². The maximum absolute atomic E-state index is 13.3. The van der Waals surface area contributed by atoms with Gasteiger partial charge in [0, 0.05) is 42.4 Å². The minimum absolute atomic E-state index is 0.399. The lowest BCUT2D eigenvalue weighted by molar-refractivity contribution is 0.285. The lowest BCUT2D eigenvalue weighted by atomic mass is 9.87. The van der Waals surface area contributed by atoms with Gasteiger partial charge in [-0.3, -0.25) is 0 Å². The molecule has 3 aliphatic heterocycles. The Morgan fingerprint density at radius 1 is 1.09 bits per heavy atom. The number of nitrogens with zero attached hydrogens (tertiary/aromatic N) is 5. The minimum atomic E-state index is -0.425. The van der Waals surface area contributed by atoms with E-state index in [4.69, 9.17) is 0 Å². The molecule has 0 spiro atoms. The summed E-state index contributed by atoms with van der Waals surface area (Å²) in [4.78, 5) is 17.3. The Morgan fingerprint density at radius 2 is 1.77 bits per heavy atom. The number of halogens is 1. The van der Waals surface area contributed by atoms with Crippen LogP contribution in [0.5, 0.6) is 0 Å². The Kier molecular flexibility index (Phi) is 2.99. The standard InChI is InChI=1S/C16H18FN5/c1-10-5-11(2)20-16(19-10)22-13-6-14(22)9-21(8-13)12-3-4-18-15(17)7-12/h3-5,7,13-14H,6,8-9H2,1-2H3. The molecule has 5 nitrogen and oxygen atoms in total. The van der Waals surface area contributed by atoms with E-state index in [1.807, 2.05) is 26.0 Å². The Bertz CT molecular complexity index is 687. The van der Waals surface area contributed by atoms with Crippen LogP contribution in [-0.2, 0) is 0 Å². The molecule has 0 radical (unpaired) electrons. The molecule has 0 saturated carbocycles. The van der Waals surface area contributed by atoms with E-state index in [-0.39, 0.29) is 0 Å². The first-order valence-corrected chi connectivity index (χ1v) is 7.57. The normalized spacial score (nSPS) is 23.4. The molecule has 3 saturated heterocycles. The molecule has 22 heavy (non-hydrogen) atoms. The third-order valence-electron chi connectivity index (χ3n) is 4.47. The summed E-state index contributed by atoms with van der Waals surface area (Å²) in [7, 11) is 0. The van der Waals surface area contributed by atoms with E-state index in [1.165, 1.54) is 12.3 Å². The average molecular weight is 299 g/mol. The van der Waals surface area contributed by atoms with Gasteiger partial charge in [-0.25, -0.2) is 15.0 Å². The largest absolute Gasteiger partial charge is 0.367 e. The lowest BCUT2D eigenvalue weighted by Crippen LogP contribution is -2.69. The smallest absolute Gasteiger partial charge is 0.226 e. The molecular formula is C16H18FN5. The number of rotatable bonds is 2. The van der Waals surface area contributed by atoms with Crippen molar-refractivity contribution in [2.75, 3.05) is 22.9 Å². The van der Waals surface area contributed by atoms with E-state index in [2.05, 4.69) is 24.8 Å². The van der Waals surface area contributed by atoms with Gasteiger partial charge in [0.15, 0.2) is 0 Å². The van der Waals surface area contributed by atoms with Crippen LogP contribution in [0.2, 0.25) is 0 Å². The fourth-order valence-electron chi connectivity index (χ4n) is 3.56. The molecule has 3 fully saturated rings. The van der Waals surface area contributed by atoms with Crippen molar-refractivity contribution in [1.82, 2.24) is 15.0 Å². The van der Waals surface area contributed by atoms with Gasteiger partial charge < -0.3 is 9.80 Å². The third kappa shape index (κ3) is 2.19. The van der Waals surface area contributed by atoms with Gasteiger partial charge in [-0.1, -0.05) is 0 Å². The summed E-state index contributed by atoms with van der Waals surface area (Å²) >= 11 is 0. The highest BCUT2D eigenvalue weighted by atomic mass is 19.1. The van der Waals surface area contributed by atoms with E-state index in [0.717, 1.165) is 42.5 Å². The molecule has 0 aliphatic carbocycles. The van der Waals surface area contributed by atoms with E-state index in [0.29, 0.717) is 12.1 Å². The molecule has 114 valence electrons. The third-order valence-corrected chi connectivity index (χ3v) is 4.47. The lowest BCUT2D eigenvalue weighted by Gasteiger charge is -2.56. The summed E-state index contributed by atoms with van der Waals surface area (Å²) in [5.41, 5.74) is 2.91. The Morgan fingerprint density at radius 3 is 2.41 bits per heavy atom. The first kappa shape index (κ1) is 13.4. The number of aromatic nitrogens is 3. The van der Waals surface area contributed by atoms with Crippen LogP contribution in [0.4, 0.5) is 16.0 Å². The van der Waals surface area contributed by atoms with Crippen LogP contribution in [-0.4, -0.2) is 40.1 Å². The number of hydrogen-bond acceptors (Lipinski definition) is 5. The van der Waals surface area contributed by atoms with Gasteiger partial charge >= 0.3 is 0 Å². The number of aryl methyl sites for hydroxylation is 2. The molecule has 3 aliphatic rings. The Labute approximate surface area is 128 Å². The second kappa shape index (κ2) is 4.90. The predicted molar refractivity (Wildman–Crippen MR) is 82.6 cm³/mol. The zero-order valence-corrected chi connectivity index (χ0v) is 12.7. The molecule has 2 bridgehead atoms.